The Bertz CT molecular complexity index is 1360. The summed E-state index contributed by atoms with van der Waals surface area (Å²) in [7, 11) is 0. The Morgan fingerprint density at radius 3 is 1.37 bits per heavy atom. The number of hydrogen-bond donors (Lipinski definition) is 2. The topological polar surface area (TPSA) is 75.6 Å². The van der Waals surface area contributed by atoms with E-state index < -0.39 is 0 Å². The summed E-state index contributed by atoms with van der Waals surface area (Å²) in [5.74, 6) is 1.48. The van der Waals surface area contributed by atoms with Crippen LogP contribution >= 0.6 is 23.2 Å². The molecule has 4 aliphatic rings. The third-order valence-electron chi connectivity index (χ3n) is 11.6. The number of piperidine rings is 2. The van der Waals surface area contributed by atoms with Crippen molar-refractivity contribution in [2.24, 2.45) is 11.8 Å². The van der Waals surface area contributed by atoms with E-state index in [0.717, 1.165) is 85.5 Å². The molecule has 4 N–H and O–H groups in total. The highest BCUT2D eigenvalue weighted by atomic mass is 35.5. The van der Waals surface area contributed by atoms with Crippen molar-refractivity contribution in [2.75, 3.05) is 37.6 Å². The Kier molecular flexibility index (Phi) is 10.8. The number of likely N-dealkylation sites (tertiary alicyclic amines) is 2. The SMILES string of the molecule is Cc1c(N)cc(Cl)cc1C=C1CCN(C(C(=O)C(C2CCCC2)N2CCC(=Cc3cc(Cl)cc(N)c3C)CC2)C2CCCC2)CC1. The maximum Gasteiger partial charge on any atom is 0.167 e. The van der Waals surface area contributed by atoms with Crippen LogP contribution in [0.15, 0.2) is 35.4 Å². The van der Waals surface area contributed by atoms with Gasteiger partial charge < -0.3 is 11.5 Å². The number of carbonyl (C=O) groups excluding carboxylic acids is 1. The lowest BCUT2D eigenvalue weighted by Crippen LogP contribution is -2.58. The molecule has 2 saturated carbocycles. The fourth-order valence-corrected chi connectivity index (χ4v) is 9.26. The molecular weight excluding hydrogens is 611 g/mol. The first kappa shape index (κ1) is 33.6. The van der Waals surface area contributed by atoms with Crippen molar-refractivity contribution in [3.63, 3.8) is 0 Å². The largest absolute Gasteiger partial charge is 0.398 e. The number of ketones is 1. The predicted octanol–water partition coefficient (Wildman–Crippen LogP) is 9.12. The third kappa shape index (κ3) is 7.54. The molecule has 5 nitrogen and oxygen atoms in total. The van der Waals surface area contributed by atoms with E-state index in [4.69, 9.17) is 34.7 Å². The molecule has 2 saturated heterocycles. The summed E-state index contributed by atoms with van der Waals surface area (Å²) < 4.78 is 0. The first-order valence-electron chi connectivity index (χ1n) is 17.7. The van der Waals surface area contributed by atoms with Crippen LogP contribution in [0.5, 0.6) is 0 Å². The number of nitrogens with two attached hydrogens (primary N) is 2. The number of halogens is 2. The average Bonchev–Trinajstić information content (AvgIpc) is 3.76. The highest BCUT2D eigenvalue weighted by Gasteiger charge is 2.44. The van der Waals surface area contributed by atoms with Gasteiger partial charge in [-0.1, -0.05) is 72.2 Å². The van der Waals surface area contributed by atoms with Crippen LogP contribution < -0.4 is 11.5 Å². The lowest BCUT2D eigenvalue weighted by atomic mass is 9.81. The van der Waals surface area contributed by atoms with Gasteiger partial charge in [-0.05, 0) is 124 Å². The van der Waals surface area contributed by atoms with Crippen LogP contribution in [0.2, 0.25) is 10.0 Å². The van der Waals surface area contributed by atoms with Crippen LogP contribution in [0.3, 0.4) is 0 Å². The molecule has 2 unspecified atom stereocenters. The van der Waals surface area contributed by atoms with Gasteiger partial charge in [0.05, 0.1) is 12.1 Å². The molecule has 2 aromatic carbocycles. The van der Waals surface area contributed by atoms with E-state index in [0.29, 0.717) is 27.7 Å². The minimum absolute atomic E-state index is 0.0345. The molecular formula is C39H52Cl2N4O. The van der Waals surface area contributed by atoms with Gasteiger partial charge in [0.25, 0.3) is 0 Å². The molecule has 6 rings (SSSR count). The number of anilines is 2. The van der Waals surface area contributed by atoms with Gasteiger partial charge in [-0.15, -0.1) is 0 Å². The van der Waals surface area contributed by atoms with Crippen molar-refractivity contribution in [1.29, 1.82) is 0 Å². The Morgan fingerprint density at radius 2 is 1.02 bits per heavy atom. The van der Waals surface area contributed by atoms with Gasteiger partial charge in [0.2, 0.25) is 0 Å². The predicted molar refractivity (Wildman–Crippen MR) is 195 cm³/mol. The van der Waals surface area contributed by atoms with E-state index in [9.17, 15) is 0 Å². The molecule has 0 amide bonds. The number of benzene rings is 2. The second kappa shape index (κ2) is 14.8. The number of nitrogen functional groups attached to an aromatic ring is 2. The van der Waals surface area contributed by atoms with E-state index in [-0.39, 0.29) is 12.1 Å². The lowest BCUT2D eigenvalue weighted by molar-refractivity contribution is -0.134. The van der Waals surface area contributed by atoms with Gasteiger partial charge >= 0.3 is 0 Å². The Morgan fingerprint density at radius 1 is 0.674 bits per heavy atom. The summed E-state index contributed by atoms with van der Waals surface area (Å²) in [5.41, 5.74) is 21.2. The number of Topliss-reactive ketones (excluding diaryl/α,β-unsaturated/α-hetero) is 1. The molecule has 7 heteroatoms. The highest BCUT2D eigenvalue weighted by Crippen LogP contribution is 2.39. The first-order chi connectivity index (χ1) is 22.2. The zero-order valence-electron chi connectivity index (χ0n) is 27.8. The van der Waals surface area contributed by atoms with Crippen molar-refractivity contribution >= 4 is 52.5 Å². The minimum Gasteiger partial charge on any atom is -0.398 e. The van der Waals surface area contributed by atoms with Crippen LogP contribution in [-0.2, 0) is 4.79 Å². The van der Waals surface area contributed by atoms with Gasteiger partial charge in [-0.25, -0.2) is 0 Å². The zero-order chi connectivity index (χ0) is 32.4. The number of hydrogen-bond acceptors (Lipinski definition) is 5. The molecule has 2 aliphatic carbocycles. The van der Waals surface area contributed by atoms with Crippen molar-refractivity contribution in [3.05, 3.63) is 67.7 Å². The summed E-state index contributed by atoms with van der Waals surface area (Å²) in [6, 6.07) is 7.77. The molecule has 2 atom stereocenters. The Labute approximate surface area is 286 Å². The second-order valence-corrected chi connectivity index (χ2v) is 15.3. The molecule has 46 heavy (non-hydrogen) atoms. The second-order valence-electron chi connectivity index (χ2n) is 14.5. The third-order valence-corrected chi connectivity index (χ3v) is 12.0. The van der Waals surface area contributed by atoms with Crippen LogP contribution in [0.4, 0.5) is 11.4 Å². The van der Waals surface area contributed by atoms with E-state index in [1.807, 2.05) is 24.3 Å². The molecule has 0 spiro atoms. The van der Waals surface area contributed by atoms with E-state index in [1.165, 1.54) is 62.5 Å². The van der Waals surface area contributed by atoms with Gasteiger partial charge in [0.1, 0.15) is 0 Å². The molecule has 0 aromatic heterocycles. The van der Waals surface area contributed by atoms with Crippen LogP contribution in [-0.4, -0.2) is 53.8 Å². The Hall–Kier alpha value is -2.31. The molecule has 2 heterocycles. The van der Waals surface area contributed by atoms with Crippen LogP contribution in [0, 0.1) is 25.7 Å². The Balaban J connectivity index is 1.19. The quantitative estimate of drug-likeness (QED) is 0.276. The van der Waals surface area contributed by atoms with Gasteiger partial charge in [0, 0.05) is 47.6 Å². The van der Waals surface area contributed by atoms with Crippen molar-refractivity contribution < 1.29 is 4.79 Å². The number of rotatable bonds is 8. The molecule has 248 valence electrons. The normalized spacial score (nSPS) is 21.9. The lowest BCUT2D eigenvalue weighted by Gasteiger charge is -2.44. The molecule has 2 aliphatic heterocycles. The summed E-state index contributed by atoms with van der Waals surface area (Å²) in [4.78, 5) is 20.2. The van der Waals surface area contributed by atoms with Crippen LogP contribution in [0.1, 0.15) is 99.3 Å². The summed E-state index contributed by atoms with van der Waals surface area (Å²) in [5, 5.41) is 1.36. The van der Waals surface area contributed by atoms with Gasteiger partial charge in [-0.3, -0.25) is 14.6 Å². The fourth-order valence-electron chi connectivity index (χ4n) is 8.79. The number of nitrogens with zero attached hydrogens (tertiary/aromatic N) is 2. The summed E-state index contributed by atoms with van der Waals surface area (Å²) in [6.07, 6.45) is 18.3. The zero-order valence-corrected chi connectivity index (χ0v) is 29.3. The average molecular weight is 664 g/mol. The molecule has 2 aromatic rings. The van der Waals surface area contributed by atoms with E-state index >= 15 is 4.79 Å². The smallest absolute Gasteiger partial charge is 0.167 e. The molecule has 0 radical (unpaired) electrons. The summed E-state index contributed by atoms with van der Waals surface area (Å²) in [6.45, 7) is 7.91. The fraction of sp³-hybridized carbons (Fsp3) is 0.564. The minimum atomic E-state index is 0.0345. The summed E-state index contributed by atoms with van der Waals surface area (Å²) >= 11 is 12.7. The molecule has 4 fully saturated rings. The van der Waals surface area contributed by atoms with Gasteiger partial charge in [0.15, 0.2) is 5.78 Å². The first-order valence-corrected chi connectivity index (χ1v) is 18.5. The van der Waals surface area contributed by atoms with Crippen molar-refractivity contribution in [2.45, 2.75) is 103 Å². The highest BCUT2D eigenvalue weighted by molar-refractivity contribution is 6.31. The van der Waals surface area contributed by atoms with Crippen LogP contribution in [0.25, 0.3) is 12.2 Å². The number of carbonyl (C=O) groups is 1. The maximum atomic E-state index is 15.0. The maximum absolute atomic E-state index is 15.0. The van der Waals surface area contributed by atoms with E-state index in [1.54, 1.807) is 0 Å². The standard InChI is InChI=1S/C39H52Cl2N4O/c1-25-31(21-33(40)23-35(25)42)19-27-11-15-44(16-12-27)37(29-7-3-4-8-29)39(46)38(30-9-5-6-10-30)45-17-13-28(14-18-45)20-32-22-34(41)24-36(43)26(32)2/h19-24,29-30,37-38H,3-18,42-43H2,1-2H3. The van der Waals surface area contributed by atoms with E-state index in [2.05, 4.69) is 35.8 Å². The molecule has 0 bridgehead atoms. The van der Waals surface area contributed by atoms with Gasteiger partial charge in [-0.2, -0.15) is 0 Å². The monoisotopic (exact) mass is 662 g/mol. The van der Waals surface area contributed by atoms with Crippen molar-refractivity contribution in [1.82, 2.24) is 9.80 Å². The van der Waals surface area contributed by atoms with Crippen molar-refractivity contribution in [3.8, 4) is 0 Å².